The van der Waals surface area contributed by atoms with Crippen LogP contribution >= 0.6 is 11.6 Å². The van der Waals surface area contributed by atoms with E-state index in [9.17, 15) is 4.79 Å². The highest BCUT2D eigenvalue weighted by atomic mass is 35.5. The van der Waals surface area contributed by atoms with Crippen LogP contribution in [-0.2, 0) is 4.79 Å². The lowest BCUT2D eigenvalue weighted by atomic mass is 10.1. The summed E-state index contributed by atoms with van der Waals surface area (Å²) >= 11 is 5.98. The Hall–Kier alpha value is -2.20. The summed E-state index contributed by atoms with van der Waals surface area (Å²) in [6.07, 6.45) is 0. The first-order valence-electron chi connectivity index (χ1n) is 7.49. The van der Waals surface area contributed by atoms with E-state index in [1.807, 2.05) is 50.2 Å². The molecule has 0 saturated carbocycles. The van der Waals surface area contributed by atoms with Gasteiger partial charge in [-0.15, -0.1) is 0 Å². The Morgan fingerprint density at radius 1 is 1.13 bits per heavy atom. The Kier molecular flexibility index (Phi) is 6.29. The van der Waals surface area contributed by atoms with Crippen LogP contribution < -0.4 is 14.8 Å². The van der Waals surface area contributed by atoms with Gasteiger partial charge < -0.3 is 14.8 Å². The van der Waals surface area contributed by atoms with Gasteiger partial charge in [0.2, 0.25) is 0 Å². The van der Waals surface area contributed by atoms with E-state index in [0.29, 0.717) is 17.4 Å². The van der Waals surface area contributed by atoms with E-state index in [-0.39, 0.29) is 18.6 Å². The van der Waals surface area contributed by atoms with Crippen molar-refractivity contribution in [3.05, 3.63) is 59.1 Å². The predicted octanol–water partition coefficient (Wildman–Crippen LogP) is 3.99. The van der Waals surface area contributed by atoms with E-state index in [4.69, 9.17) is 21.1 Å². The van der Waals surface area contributed by atoms with Crippen LogP contribution in [0, 0.1) is 0 Å². The molecule has 0 aliphatic heterocycles. The van der Waals surface area contributed by atoms with E-state index in [2.05, 4.69) is 5.32 Å². The molecule has 5 heteroatoms. The van der Waals surface area contributed by atoms with Gasteiger partial charge in [0.1, 0.15) is 11.5 Å². The van der Waals surface area contributed by atoms with Crippen LogP contribution in [0.5, 0.6) is 11.5 Å². The minimum atomic E-state index is -0.202. The van der Waals surface area contributed by atoms with Crippen molar-refractivity contribution in [1.82, 2.24) is 5.32 Å². The molecule has 0 bridgehead atoms. The van der Waals surface area contributed by atoms with Gasteiger partial charge in [0.05, 0.1) is 17.7 Å². The number of para-hydroxylation sites is 1. The number of hydrogen-bond donors (Lipinski definition) is 1. The Morgan fingerprint density at radius 2 is 1.83 bits per heavy atom. The average Bonchev–Trinajstić information content (AvgIpc) is 2.55. The Bertz CT molecular complexity index is 643. The third kappa shape index (κ3) is 5.18. The maximum absolute atomic E-state index is 12.0. The third-order valence-corrected chi connectivity index (χ3v) is 3.58. The number of rotatable bonds is 7. The lowest BCUT2D eigenvalue weighted by Crippen LogP contribution is -2.31. The summed E-state index contributed by atoms with van der Waals surface area (Å²) in [6.45, 7) is 4.41. The van der Waals surface area contributed by atoms with E-state index >= 15 is 0 Å². The summed E-state index contributed by atoms with van der Waals surface area (Å²) in [5.41, 5.74) is 1.000. The monoisotopic (exact) mass is 333 g/mol. The molecule has 1 atom stereocenters. The van der Waals surface area contributed by atoms with E-state index in [1.165, 1.54) is 0 Å². The molecule has 0 aromatic heterocycles. The molecule has 0 fully saturated rings. The second kappa shape index (κ2) is 8.44. The molecule has 2 rings (SSSR count). The fourth-order valence-electron chi connectivity index (χ4n) is 2.09. The summed E-state index contributed by atoms with van der Waals surface area (Å²) in [6, 6.07) is 14.6. The van der Waals surface area contributed by atoms with Crippen molar-refractivity contribution in [2.45, 2.75) is 19.9 Å². The van der Waals surface area contributed by atoms with Crippen LogP contribution in [0.2, 0.25) is 5.02 Å². The van der Waals surface area contributed by atoms with Crippen LogP contribution in [-0.4, -0.2) is 19.1 Å². The SMILES string of the molecule is CCOc1ccc([C@@H](C)NC(=O)COc2ccccc2Cl)cc1. The number of carbonyl (C=O) groups excluding carboxylic acids is 1. The lowest BCUT2D eigenvalue weighted by molar-refractivity contribution is -0.123. The molecule has 122 valence electrons. The van der Waals surface area contributed by atoms with Gasteiger partial charge in [0.25, 0.3) is 5.91 Å². The highest BCUT2D eigenvalue weighted by Crippen LogP contribution is 2.23. The fourth-order valence-corrected chi connectivity index (χ4v) is 2.28. The largest absolute Gasteiger partial charge is 0.494 e. The zero-order valence-corrected chi connectivity index (χ0v) is 14.0. The molecule has 0 aliphatic rings. The molecule has 2 aromatic carbocycles. The maximum atomic E-state index is 12.0. The predicted molar refractivity (Wildman–Crippen MR) is 91.1 cm³/mol. The normalized spacial score (nSPS) is 11.6. The van der Waals surface area contributed by atoms with Crippen LogP contribution in [0.1, 0.15) is 25.5 Å². The van der Waals surface area contributed by atoms with Gasteiger partial charge >= 0.3 is 0 Å². The van der Waals surface area contributed by atoms with Crippen LogP contribution in [0.25, 0.3) is 0 Å². The zero-order chi connectivity index (χ0) is 16.7. The van der Waals surface area contributed by atoms with Gasteiger partial charge in [-0.25, -0.2) is 0 Å². The number of benzene rings is 2. The van der Waals surface area contributed by atoms with Crippen LogP contribution in [0.15, 0.2) is 48.5 Å². The second-order valence-corrected chi connectivity index (χ2v) is 5.42. The van der Waals surface area contributed by atoms with E-state index in [0.717, 1.165) is 11.3 Å². The van der Waals surface area contributed by atoms with Crippen molar-refractivity contribution >= 4 is 17.5 Å². The maximum Gasteiger partial charge on any atom is 0.258 e. The third-order valence-electron chi connectivity index (χ3n) is 3.26. The first-order chi connectivity index (χ1) is 11.1. The highest BCUT2D eigenvalue weighted by Gasteiger charge is 2.11. The molecule has 0 spiro atoms. The van der Waals surface area contributed by atoms with Crippen molar-refractivity contribution in [2.24, 2.45) is 0 Å². The van der Waals surface area contributed by atoms with Crippen molar-refractivity contribution in [3.8, 4) is 11.5 Å². The number of ether oxygens (including phenoxy) is 2. The first kappa shape index (κ1) is 17.2. The first-order valence-corrected chi connectivity index (χ1v) is 7.87. The molecule has 0 heterocycles. The average molecular weight is 334 g/mol. The van der Waals surface area contributed by atoms with Crippen LogP contribution in [0.3, 0.4) is 0 Å². The van der Waals surface area contributed by atoms with Gasteiger partial charge in [-0.2, -0.15) is 0 Å². The van der Waals surface area contributed by atoms with Crippen LogP contribution in [0.4, 0.5) is 0 Å². The minimum absolute atomic E-state index is 0.0783. The zero-order valence-electron chi connectivity index (χ0n) is 13.2. The quantitative estimate of drug-likeness (QED) is 0.833. The minimum Gasteiger partial charge on any atom is -0.494 e. The van der Waals surface area contributed by atoms with Crippen molar-refractivity contribution in [1.29, 1.82) is 0 Å². The molecule has 0 radical (unpaired) electrons. The van der Waals surface area contributed by atoms with Crippen molar-refractivity contribution in [3.63, 3.8) is 0 Å². The Labute approximate surface area is 141 Å². The highest BCUT2D eigenvalue weighted by molar-refractivity contribution is 6.32. The number of nitrogens with one attached hydrogen (secondary N) is 1. The topological polar surface area (TPSA) is 47.6 Å². The number of hydrogen-bond acceptors (Lipinski definition) is 3. The summed E-state index contributed by atoms with van der Waals surface area (Å²) in [5, 5.41) is 3.38. The Morgan fingerprint density at radius 3 is 2.48 bits per heavy atom. The summed E-state index contributed by atoms with van der Waals surface area (Å²) in [5.74, 6) is 1.11. The molecule has 1 amide bonds. The molecule has 0 saturated heterocycles. The smallest absolute Gasteiger partial charge is 0.258 e. The van der Waals surface area contributed by atoms with Gasteiger partial charge in [-0.05, 0) is 43.7 Å². The number of carbonyl (C=O) groups is 1. The summed E-state index contributed by atoms with van der Waals surface area (Å²) in [4.78, 5) is 12.0. The van der Waals surface area contributed by atoms with Crippen molar-refractivity contribution in [2.75, 3.05) is 13.2 Å². The van der Waals surface area contributed by atoms with Gasteiger partial charge in [-0.1, -0.05) is 35.9 Å². The molecular formula is C18H20ClNO3. The van der Waals surface area contributed by atoms with Crippen molar-refractivity contribution < 1.29 is 14.3 Å². The molecule has 0 aliphatic carbocycles. The molecule has 1 N–H and O–H groups in total. The Balaban J connectivity index is 1.85. The summed E-state index contributed by atoms with van der Waals surface area (Å²) < 4.78 is 10.8. The standard InChI is InChI=1S/C18H20ClNO3/c1-3-22-15-10-8-14(9-11-15)13(2)20-18(21)12-23-17-7-5-4-6-16(17)19/h4-11,13H,3,12H2,1-2H3,(H,20,21)/t13-/m1/s1. The van der Waals surface area contributed by atoms with Gasteiger partial charge in [-0.3, -0.25) is 4.79 Å². The second-order valence-electron chi connectivity index (χ2n) is 5.01. The molecule has 0 unspecified atom stereocenters. The number of amides is 1. The molecule has 4 nitrogen and oxygen atoms in total. The molecular weight excluding hydrogens is 314 g/mol. The lowest BCUT2D eigenvalue weighted by Gasteiger charge is -2.15. The molecule has 23 heavy (non-hydrogen) atoms. The fraction of sp³-hybridized carbons (Fsp3) is 0.278. The number of halogens is 1. The summed E-state index contributed by atoms with van der Waals surface area (Å²) in [7, 11) is 0. The van der Waals surface area contributed by atoms with E-state index < -0.39 is 0 Å². The van der Waals surface area contributed by atoms with Gasteiger partial charge in [0, 0.05) is 0 Å². The van der Waals surface area contributed by atoms with E-state index in [1.54, 1.807) is 12.1 Å². The molecule has 2 aromatic rings. The van der Waals surface area contributed by atoms with Gasteiger partial charge in [0.15, 0.2) is 6.61 Å².